The van der Waals surface area contributed by atoms with Crippen molar-refractivity contribution >= 4 is 11.7 Å². The van der Waals surface area contributed by atoms with Crippen LogP contribution in [-0.2, 0) is 10.2 Å². The Bertz CT molecular complexity index is 999. The number of hydrogen-bond acceptors (Lipinski definition) is 7. The zero-order chi connectivity index (χ0) is 20.3. The van der Waals surface area contributed by atoms with E-state index in [-0.39, 0.29) is 23.5 Å². The third kappa shape index (κ3) is 3.83. The van der Waals surface area contributed by atoms with Crippen molar-refractivity contribution in [2.45, 2.75) is 31.6 Å². The van der Waals surface area contributed by atoms with Crippen molar-refractivity contribution in [3.63, 3.8) is 0 Å². The second-order valence-electron chi connectivity index (χ2n) is 7.05. The molecule has 0 radical (unpaired) electrons. The fourth-order valence-corrected chi connectivity index (χ4v) is 3.49. The number of anilines is 1. The number of pyridine rings is 2. The summed E-state index contributed by atoms with van der Waals surface area (Å²) < 4.78 is 24.3. The van der Waals surface area contributed by atoms with Crippen LogP contribution in [0.25, 0.3) is 11.5 Å². The van der Waals surface area contributed by atoms with Gasteiger partial charge >= 0.3 is 5.97 Å². The highest BCUT2D eigenvalue weighted by molar-refractivity contribution is 5.88. The predicted octanol–water partition coefficient (Wildman–Crippen LogP) is 3.98. The highest BCUT2D eigenvalue weighted by Crippen LogP contribution is 2.43. The summed E-state index contributed by atoms with van der Waals surface area (Å²) in [5, 5.41) is 7.06. The first-order chi connectivity index (χ1) is 14.1. The van der Waals surface area contributed by atoms with E-state index < -0.39 is 5.97 Å². The van der Waals surface area contributed by atoms with Gasteiger partial charge in [0.15, 0.2) is 11.5 Å². The number of hydrogen-bond donors (Lipinski definition) is 1. The Balaban J connectivity index is 1.44. The molecule has 0 aromatic carbocycles. The molecule has 1 aliphatic rings. The zero-order valence-corrected chi connectivity index (χ0v) is 16.0. The van der Waals surface area contributed by atoms with Crippen LogP contribution in [0.4, 0.5) is 10.1 Å². The molecule has 0 spiro atoms. The fraction of sp³-hybridized carbons (Fsp3) is 0.333. The van der Waals surface area contributed by atoms with Gasteiger partial charge in [-0.25, -0.2) is 9.18 Å². The number of carbonyl (C=O) groups excluding carboxylic acids is 1. The summed E-state index contributed by atoms with van der Waals surface area (Å²) in [5.74, 6) is -0.413. The van der Waals surface area contributed by atoms with Crippen LogP contribution in [0, 0.1) is 5.82 Å². The highest BCUT2D eigenvalue weighted by atomic mass is 19.1. The van der Waals surface area contributed by atoms with Crippen molar-refractivity contribution in [2.24, 2.45) is 0 Å². The van der Waals surface area contributed by atoms with Crippen molar-refractivity contribution in [1.82, 2.24) is 15.1 Å². The van der Waals surface area contributed by atoms with Crippen molar-refractivity contribution in [2.75, 3.05) is 18.5 Å². The first kappa shape index (κ1) is 19.0. The molecule has 1 N–H and O–H groups in total. The third-order valence-electron chi connectivity index (χ3n) is 5.21. The number of nitrogens with one attached hydrogen (secondary N) is 1. The Morgan fingerprint density at radius 3 is 2.83 bits per heavy atom. The lowest BCUT2D eigenvalue weighted by molar-refractivity contribution is 0.0514. The molecule has 0 bridgehead atoms. The molecule has 7 nitrogen and oxygen atoms in total. The van der Waals surface area contributed by atoms with E-state index in [4.69, 9.17) is 9.26 Å². The number of aromatic nitrogens is 3. The summed E-state index contributed by atoms with van der Waals surface area (Å²) in [5.41, 5.74) is 1.70. The van der Waals surface area contributed by atoms with Crippen molar-refractivity contribution in [3.05, 3.63) is 59.9 Å². The van der Waals surface area contributed by atoms with E-state index >= 15 is 0 Å². The molecule has 1 fully saturated rings. The molecule has 0 saturated heterocycles. The molecule has 0 unspecified atom stereocenters. The van der Waals surface area contributed by atoms with Crippen LogP contribution in [0.3, 0.4) is 0 Å². The molecule has 0 aliphatic heterocycles. The van der Waals surface area contributed by atoms with E-state index in [0.717, 1.165) is 24.9 Å². The lowest BCUT2D eigenvalue weighted by atomic mass is 9.66. The molecule has 1 saturated carbocycles. The van der Waals surface area contributed by atoms with Gasteiger partial charge in [-0.3, -0.25) is 9.97 Å². The molecule has 1 aliphatic carbocycles. The molecular weight excluding hydrogens is 375 g/mol. The van der Waals surface area contributed by atoms with Crippen LogP contribution in [0.2, 0.25) is 0 Å². The summed E-state index contributed by atoms with van der Waals surface area (Å²) in [6, 6.07) is 8.20. The second kappa shape index (κ2) is 7.98. The van der Waals surface area contributed by atoms with E-state index in [9.17, 15) is 9.18 Å². The summed E-state index contributed by atoms with van der Waals surface area (Å²) >= 11 is 0. The Morgan fingerprint density at radius 2 is 2.17 bits per heavy atom. The average Bonchev–Trinajstić information content (AvgIpc) is 3.19. The SMILES string of the molecule is CCOC(=O)c1cc(-c2ccc(NCC3(c4ncccc4F)CCC3)cn2)on1. The fourth-order valence-electron chi connectivity index (χ4n) is 3.49. The molecule has 29 heavy (non-hydrogen) atoms. The molecule has 3 heterocycles. The topological polar surface area (TPSA) is 90.1 Å². The quantitative estimate of drug-likeness (QED) is 0.604. The van der Waals surface area contributed by atoms with Crippen molar-refractivity contribution in [1.29, 1.82) is 0 Å². The Kier molecular flexibility index (Phi) is 5.24. The standard InChI is InChI=1S/C21H21FN4O3/c1-2-28-20(27)17-11-18(29-26-17)16-7-6-14(12-24-16)25-13-21(8-4-9-21)19-15(22)5-3-10-23-19/h3,5-7,10-12,25H,2,4,8-9,13H2,1H3. The van der Waals surface area contributed by atoms with Crippen molar-refractivity contribution < 1.29 is 18.4 Å². The number of rotatable bonds is 7. The number of esters is 1. The van der Waals surface area contributed by atoms with Crippen LogP contribution in [0.5, 0.6) is 0 Å². The lowest BCUT2D eigenvalue weighted by Crippen LogP contribution is -2.42. The van der Waals surface area contributed by atoms with Crippen LogP contribution in [0.15, 0.2) is 47.2 Å². The smallest absolute Gasteiger partial charge is 0.360 e. The molecule has 4 rings (SSSR count). The Labute approximate surface area is 167 Å². The highest BCUT2D eigenvalue weighted by Gasteiger charge is 2.41. The van der Waals surface area contributed by atoms with Crippen LogP contribution in [0.1, 0.15) is 42.4 Å². The summed E-state index contributed by atoms with van der Waals surface area (Å²) in [4.78, 5) is 20.3. The molecule has 150 valence electrons. The molecule has 0 amide bonds. The summed E-state index contributed by atoms with van der Waals surface area (Å²) in [7, 11) is 0. The Morgan fingerprint density at radius 1 is 1.31 bits per heavy atom. The lowest BCUT2D eigenvalue weighted by Gasteiger charge is -2.41. The molecular formula is C21H21FN4O3. The number of carbonyl (C=O) groups is 1. The normalized spacial score (nSPS) is 14.8. The van der Waals surface area contributed by atoms with E-state index in [2.05, 4.69) is 20.4 Å². The van der Waals surface area contributed by atoms with Crippen LogP contribution >= 0.6 is 0 Å². The van der Waals surface area contributed by atoms with Gasteiger partial charge in [0.1, 0.15) is 11.5 Å². The monoisotopic (exact) mass is 396 g/mol. The van der Waals surface area contributed by atoms with Crippen LogP contribution < -0.4 is 5.32 Å². The minimum Gasteiger partial charge on any atom is -0.461 e. The first-order valence-electron chi connectivity index (χ1n) is 9.56. The maximum Gasteiger partial charge on any atom is 0.360 e. The molecule has 8 heteroatoms. The minimum absolute atomic E-state index is 0.107. The Hall–Kier alpha value is -3.29. The number of nitrogens with zero attached hydrogens (tertiary/aromatic N) is 3. The molecule has 3 aromatic heterocycles. The maximum absolute atomic E-state index is 14.2. The van der Waals surface area contributed by atoms with Gasteiger partial charge in [0.25, 0.3) is 0 Å². The number of halogens is 1. The summed E-state index contributed by atoms with van der Waals surface area (Å²) in [6.45, 7) is 2.57. The zero-order valence-electron chi connectivity index (χ0n) is 16.0. The molecule has 3 aromatic rings. The van der Waals surface area contributed by atoms with E-state index in [1.807, 2.05) is 6.07 Å². The van der Waals surface area contributed by atoms with Gasteiger partial charge in [-0.05, 0) is 44.0 Å². The molecule has 0 atom stereocenters. The van der Waals surface area contributed by atoms with Crippen molar-refractivity contribution in [3.8, 4) is 11.5 Å². The van der Waals surface area contributed by atoms with Gasteiger partial charge in [0.2, 0.25) is 0 Å². The van der Waals surface area contributed by atoms with Gasteiger partial charge in [-0.2, -0.15) is 0 Å². The van der Waals surface area contributed by atoms with E-state index in [1.165, 1.54) is 12.1 Å². The summed E-state index contributed by atoms with van der Waals surface area (Å²) in [6.07, 6.45) is 6.16. The van der Waals surface area contributed by atoms with E-state index in [1.54, 1.807) is 31.5 Å². The van der Waals surface area contributed by atoms with Gasteiger partial charge in [-0.15, -0.1) is 0 Å². The first-order valence-corrected chi connectivity index (χ1v) is 9.56. The van der Waals surface area contributed by atoms with E-state index in [0.29, 0.717) is 23.7 Å². The van der Waals surface area contributed by atoms with Gasteiger partial charge in [0.05, 0.1) is 24.2 Å². The average molecular weight is 396 g/mol. The predicted molar refractivity (Wildman–Crippen MR) is 104 cm³/mol. The second-order valence-corrected chi connectivity index (χ2v) is 7.05. The number of ether oxygens (including phenoxy) is 1. The largest absolute Gasteiger partial charge is 0.461 e. The van der Waals surface area contributed by atoms with Gasteiger partial charge in [0, 0.05) is 24.2 Å². The maximum atomic E-state index is 14.2. The van der Waals surface area contributed by atoms with Gasteiger partial charge < -0.3 is 14.6 Å². The minimum atomic E-state index is -0.534. The van der Waals surface area contributed by atoms with Crippen LogP contribution in [-0.4, -0.2) is 34.2 Å². The van der Waals surface area contributed by atoms with Gasteiger partial charge in [-0.1, -0.05) is 11.6 Å². The third-order valence-corrected chi connectivity index (χ3v) is 5.21.